The van der Waals surface area contributed by atoms with E-state index in [1.54, 1.807) is 6.07 Å². The quantitative estimate of drug-likeness (QED) is 0.902. The van der Waals surface area contributed by atoms with Gasteiger partial charge in [0.2, 0.25) is 0 Å². The summed E-state index contributed by atoms with van der Waals surface area (Å²) >= 11 is 3.28. The lowest BCUT2D eigenvalue weighted by Gasteiger charge is -2.09. The highest BCUT2D eigenvalue weighted by Crippen LogP contribution is 2.27. The van der Waals surface area contributed by atoms with Crippen molar-refractivity contribution in [1.82, 2.24) is 0 Å². The number of aromatic carboxylic acids is 1. The van der Waals surface area contributed by atoms with E-state index in [4.69, 9.17) is 9.84 Å². The maximum absolute atomic E-state index is 11.0. The van der Waals surface area contributed by atoms with Crippen LogP contribution >= 0.6 is 15.9 Å². The second-order valence-electron chi connectivity index (χ2n) is 4.41. The van der Waals surface area contributed by atoms with Crippen LogP contribution in [-0.4, -0.2) is 11.1 Å². The zero-order valence-corrected chi connectivity index (χ0v) is 12.2. The first-order valence-corrected chi connectivity index (χ1v) is 6.53. The lowest BCUT2D eigenvalue weighted by molar-refractivity contribution is 0.0696. The second kappa shape index (κ2) is 5.45. The number of carboxylic acid groups (broad SMARTS) is 1. The van der Waals surface area contributed by atoms with Crippen molar-refractivity contribution in [3.63, 3.8) is 0 Å². The van der Waals surface area contributed by atoms with Crippen LogP contribution in [0.3, 0.4) is 0 Å². The Labute approximate surface area is 120 Å². The van der Waals surface area contributed by atoms with Crippen LogP contribution in [0.4, 0.5) is 0 Å². The van der Waals surface area contributed by atoms with Crippen molar-refractivity contribution in [2.45, 2.75) is 13.8 Å². The summed E-state index contributed by atoms with van der Waals surface area (Å²) in [6, 6.07) is 10.7. The maximum Gasteiger partial charge on any atom is 0.335 e. The number of hydrogen-bond donors (Lipinski definition) is 1. The molecule has 0 saturated heterocycles. The number of rotatable bonds is 3. The zero-order valence-electron chi connectivity index (χ0n) is 10.6. The number of carbonyl (C=O) groups is 1. The van der Waals surface area contributed by atoms with Crippen molar-refractivity contribution < 1.29 is 14.6 Å². The largest absolute Gasteiger partial charge is 0.478 e. The molecule has 0 aliphatic carbocycles. The molecule has 0 saturated carbocycles. The van der Waals surface area contributed by atoms with E-state index in [0.717, 1.165) is 11.1 Å². The van der Waals surface area contributed by atoms with E-state index in [1.165, 1.54) is 12.1 Å². The van der Waals surface area contributed by atoms with Crippen molar-refractivity contribution in [2.24, 2.45) is 0 Å². The van der Waals surface area contributed by atoms with Gasteiger partial charge in [-0.15, -0.1) is 0 Å². The Morgan fingerprint density at radius 2 is 1.58 bits per heavy atom. The van der Waals surface area contributed by atoms with Gasteiger partial charge in [0, 0.05) is 4.47 Å². The normalized spacial score (nSPS) is 10.3. The summed E-state index contributed by atoms with van der Waals surface area (Å²) in [4.78, 5) is 11.0. The standard InChI is InChI=1S/C15H13BrO3/c1-9-3-10(2)5-13(4-9)19-14-7-11(15(17)18)6-12(16)8-14/h3-8H,1-2H3,(H,17,18). The van der Waals surface area contributed by atoms with Gasteiger partial charge in [0.1, 0.15) is 11.5 Å². The van der Waals surface area contributed by atoms with Crippen molar-refractivity contribution in [3.8, 4) is 11.5 Å². The summed E-state index contributed by atoms with van der Waals surface area (Å²) < 4.78 is 6.39. The fourth-order valence-corrected chi connectivity index (χ4v) is 2.35. The number of carboxylic acids is 1. The molecule has 98 valence electrons. The molecular formula is C15H13BrO3. The van der Waals surface area contributed by atoms with E-state index in [0.29, 0.717) is 16.0 Å². The van der Waals surface area contributed by atoms with E-state index in [-0.39, 0.29) is 5.56 Å². The molecule has 0 aliphatic rings. The van der Waals surface area contributed by atoms with Gasteiger partial charge in [0.15, 0.2) is 0 Å². The van der Waals surface area contributed by atoms with E-state index >= 15 is 0 Å². The summed E-state index contributed by atoms with van der Waals surface area (Å²) in [6.45, 7) is 3.98. The summed E-state index contributed by atoms with van der Waals surface area (Å²) in [7, 11) is 0. The van der Waals surface area contributed by atoms with Crippen molar-refractivity contribution in [3.05, 3.63) is 57.6 Å². The van der Waals surface area contributed by atoms with Gasteiger partial charge in [-0.1, -0.05) is 22.0 Å². The predicted octanol–water partition coefficient (Wildman–Crippen LogP) is 4.56. The van der Waals surface area contributed by atoms with Crippen LogP contribution in [0, 0.1) is 13.8 Å². The van der Waals surface area contributed by atoms with Crippen LogP contribution in [0.15, 0.2) is 40.9 Å². The van der Waals surface area contributed by atoms with Gasteiger partial charge in [0.25, 0.3) is 0 Å². The first kappa shape index (κ1) is 13.6. The molecule has 0 aromatic heterocycles. The number of hydrogen-bond acceptors (Lipinski definition) is 2. The van der Waals surface area contributed by atoms with Gasteiger partial charge in [-0.05, 0) is 55.3 Å². The van der Waals surface area contributed by atoms with Crippen LogP contribution in [0.2, 0.25) is 0 Å². The van der Waals surface area contributed by atoms with E-state index in [9.17, 15) is 4.79 Å². The summed E-state index contributed by atoms with van der Waals surface area (Å²) in [5.74, 6) is 0.218. The Morgan fingerprint density at radius 3 is 2.16 bits per heavy atom. The summed E-state index contributed by atoms with van der Waals surface area (Å²) in [5.41, 5.74) is 2.39. The van der Waals surface area contributed by atoms with Crippen LogP contribution in [0.5, 0.6) is 11.5 Å². The van der Waals surface area contributed by atoms with Crippen LogP contribution in [-0.2, 0) is 0 Å². The summed E-state index contributed by atoms with van der Waals surface area (Å²) in [6.07, 6.45) is 0. The zero-order chi connectivity index (χ0) is 14.0. The molecule has 19 heavy (non-hydrogen) atoms. The molecule has 2 aromatic carbocycles. The highest BCUT2D eigenvalue weighted by molar-refractivity contribution is 9.10. The smallest absolute Gasteiger partial charge is 0.335 e. The van der Waals surface area contributed by atoms with Gasteiger partial charge < -0.3 is 9.84 Å². The fraction of sp³-hybridized carbons (Fsp3) is 0.133. The number of aryl methyl sites for hydroxylation is 2. The lowest BCUT2D eigenvalue weighted by Crippen LogP contribution is -1.97. The van der Waals surface area contributed by atoms with Gasteiger partial charge in [0.05, 0.1) is 5.56 Å². The number of ether oxygens (including phenoxy) is 1. The minimum absolute atomic E-state index is 0.189. The van der Waals surface area contributed by atoms with E-state index in [2.05, 4.69) is 22.0 Å². The third-order valence-electron chi connectivity index (χ3n) is 2.55. The van der Waals surface area contributed by atoms with E-state index in [1.807, 2.05) is 26.0 Å². The molecule has 0 unspecified atom stereocenters. The number of halogens is 1. The monoisotopic (exact) mass is 320 g/mol. The lowest BCUT2D eigenvalue weighted by atomic mass is 10.1. The van der Waals surface area contributed by atoms with Crippen LogP contribution in [0.1, 0.15) is 21.5 Å². The second-order valence-corrected chi connectivity index (χ2v) is 5.32. The molecule has 0 bridgehead atoms. The highest BCUT2D eigenvalue weighted by atomic mass is 79.9. The van der Waals surface area contributed by atoms with Gasteiger partial charge in [-0.3, -0.25) is 0 Å². The summed E-state index contributed by atoms with van der Waals surface area (Å²) in [5, 5.41) is 9.01. The molecule has 0 aliphatic heterocycles. The third kappa shape index (κ3) is 3.58. The Balaban J connectivity index is 2.35. The highest BCUT2D eigenvalue weighted by Gasteiger charge is 2.08. The SMILES string of the molecule is Cc1cc(C)cc(Oc2cc(Br)cc(C(=O)O)c2)c1. The average Bonchev–Trinajstić information content (AvgIpc) is 2.26. The number of benzene rings is 2. The van der Waals surface area contributed by atoms with Crippen molar-refractivity contribution >= 4 is 21.9 Å². The third-order valence-corrected chi connectivity index (χ3v) is 3.01. The molecule has 0 amide bonds. The molecular weight excluding hydrogens is 308 g/mol. The van der Waals surface area contributed by atoms with Gasteiger partial charge >= 0.3 is 5.97 Å². The van der Waals surface area contributed by atoms with Crippen LogP contribution in [0.25, 0.3) is 0 Å². The minimum Gasteiger partial charge on any atom is -0.478 e. The van der Waals surface area contributed by atoms with Gasteiger partial charge in [-0.2, -0.15) is 0 Å². The first-order valence-electron chi connectivity index (χ1n) is 5.74. The molecule has 4 heteroatoms. The maximum atomic E-state index is 11.0. The fourth-order valence-electron chi connectivity index (χ4n) is 1.87. The Morgan fingerprint density at radius 1 is 1.00 bits per heavy atom. The molecule has 0 spiro atoms. The Hall–Kier alpha value is -1.81. The topological polar surface area (TPSA) is 46.5 Å². The molecule has 0 fully saturated rings. The first-order chi connectivity index (χ1) is 8.94. The molecule has 0 atom stereocenters. The predicted molar refractivity (Wildman–Crippen MR) is 77.1 cm³/mol. The molecule has 0 heterocycles. The minimum atomic E-state index is -0.980. The van der Waals surface area contributed by atoms with Crippen molar-refractivity contribution in [1.29, 1.82) is 0 Å². The average molecular weight is 321 g/mol. The Bertz CT molecular complexity index is 615. The molecule has 2 rings (SSSR count). The van der Waals surface area contributed by atoms with Gasteiger partial charge in [-0.25, -0.2) is 4.79 Å². The Kier molecular flexibility index (Phi) is 3.90. The molecule has 2 aromatic rings. The van der Waals surface area contributed by atoms with Crippen LogP contribution < -0.4 is 4.74 Å². The molecule has 3 nitrogen and oxygen atoms in total. The van der Waals surface area contributed by atoms with Crippen molar-refractivity contribution in [2.75, 3.05) is 0 Å². The molecule has 0 radical (unpaired) electrons. The molecule has 1 N–H and O–H groups in total. The van der Waals surface area contributed by atoms with E-state index < -0.39 is 5.97 Å².